The molecule has 3 rings (SSSR count). The first kappa shape index (κ1) is 20.4. The van der Waals surface area contributed by atoms with Crippen LogP contribution in [0.1, 0.15) is 16.1 Å². The van der Waals surface area contributed by atoms with Gasteiger partial charge in [-0.1, -0.05) is 17.7 Å². The quantitative estimate of drug-likeness (QED) is 0.521. The van der Waals surface area contributed by atoms with E-state index in [0.29, 0.717) is 11.3 Å². The normalized spacial score (nSPS) is 9.36. The van der Waals surface area contributed by atoms with Gasteiger partial charge >= 0.3 is 5.97 Å². The molecule has 0 aliphatic carbocycles. The molecule has 25 heavy (non-hydrogen) atoms. The minimum absolute atomic E-state index is 0. The SMILES string of the molecule is O=C(O)c1ccccn1.[CH2-]c1cc(F)cc(F)c1-c1ccccn1.[Ir]. The van der Waals surface area contributed by atoms with Crippen molar-refractivity contribution in [2.45, 2.75) is 0 Å². The summed E-state index contributed by atoms with van der Waals surface area (Å²) in [4.78, 5) is 17.7. The summed E-state index contributed by atoms with van der Waals surface area (Å²) >= 11 is 0. The number of nitrogens with zero attached hydrogens (tertiary/aromatic N) is 2. The number of aromatic carboxylic acids is 1. The molecule has 0 atom stereocenters. The number of aromatic nitrogens is 2. The minimum atomic E-state index is -0.990. The first-order valence-electron chi connectivity index (χ1n) is 6.85. The first-order chi connectivity index (χ1) is 11.5. The molecule has 0 aliphatic rings. The molecule has 1 aromatic carbocycles. The second kappa shape index (κ2) is 9.61. The van der Waals surface area contributed by atoms with Gasteiger partial charge in [0, 0.05) is 38.2 Å². The largest absolute Gasteiger partial charge is 0.477 e. The van der Waals surface area contributed by atoms with Crippen LogP contribution in [0.4, 0.5) is 8.78 Å². The van der Waals surface area contributed by atoms with E-state index in [0.717, 1.165) is 6.07 Å². The number of carbonyl (C=O) groups is 1. The Hall–Kier alpha value is -2.63. The third-order valence-corrected chi connectivity index (χ3v) is 2.94. The second-order valence-corrected chi connectivity index (χ2v) is 4.66. The van der Waals surface area contributed by atoms with E-state index in [-0.39, 0.29) is 31.4 Å². The fourth-order valence-corrected chi connectivity index (χ4v) is 1.91. The van der Waals surface area contributed by atoms with Gasteiger partial charge in [0.1, 0.15) is 5.69 Å². The summed E-state index contributed by atoms with van der Waals surface area (Å²) in [6, 6.07) is 11.9. The summed E-state index contributed by atoms with van der Waals surface area (Å²) in [6.45, 7) is 3.60. The van der Waals surface area contributed by atoms with Crippen LogP contribution in [0.5, 0.6) is 0 Å². The van der Waals surface area contributed by atoms with Gasteiger partial charge in [0.2, 0.25) is 0 Å². The standard InChI is InChI=1S/C12H8F2N.C6H5NO2.Ir/c1-8-6-9(13)7-10(14)12(8)11-4-2-3-5-15-11;8-6(9)5-3-1-2-4-7-5;/h2-7H,1H2;1-4H,(H,8,9);/q-1;;. The van der Waals surface area contributed by atoms with Gasteiger partial charge in [-0.05, 0) is 30.3 Å². The second-order valence-electron chi connectivity index (χ2n) is 4.66. The summed E-state index contributed by atoms with van der Waals surface area (Å²) in [7, 11) is 0. The molecule has 0 unspecified atom stereocenters. The third-order valence-electron chi connectivity index (χ3n) is 2.94. The molecule has 0 fully saturated rings. The van der Waals surface area contributed by atoms with E-state index in [1.807, 2.05) is 0 Å². The molecule has 0 aliphatic heterocycles. The van der Waals surface area contributed by atoms with Gasteiger partial charge in [-0.25, -0.2) is 18.6 Å². The van der Waals surface area contributed by atoms with Gasteiger partial charge in [-0.2, -0.15) is 12.5 Å². The summed E-state index contributed by atoms with van der Waals surface area (Å²) in [6.07, 6.45) is 3.00. The summed E-state index contributed by atoms with van der Waals surface area (Å²) in [5, 5.41) is 8.32. The molecule has 1 radical (unpaired) electrons. The van der Waals surface area contributed by atoms with Crippen molar-refractivity contribution in [3.05, 3.63) is 90.7 Å². The zero-order valence-electron chi connectivity index (χ0n) is 12.8. The topological polar surface area (TPSA) is 63.1 Å². The van der Waals surface area contributed by atoms with E-state index < -0.39 is 17.6 Å². The number of pyridine rings is 2. The number of hydrogen-bond acceptors (Lipinski definition) is 3. The van der Waals surface area contributed by atoms with Crippen LogP contribution in [0.25, 0.3) is 11.3 Å². The van der Waals surface area contributed by atoms with Crippen molar-refractivity contribution >= 4 is 5.97 Å². The molecule has 0 saturated carbocycles. The van der Waals surface area contributed by atoms with Crippen LogP contribution in [-0.2, 0) is 20.1 Å². The molecule has 7 heteroatoms. The van der Waals surface area contributed by atoms with Gasteiger partial charge in [0.15, 0.2) is 0 Å². The molecular formula is C18H13F2IrN2O2-. The van der Waals surface area contributed by atoms with Crippen LogP contribution >= 0.6 is 0 Å². The van der Waals surface area contributed by atoms with Crippen molar-refractivity contribution < 1.29 is 38.8 Å². The Morgan fingerprint density at radius 1 is 1.00 bits per heavy atom. The Morgan fingerprint density at radius 3 is 2.08 bits per heavy atom. The van der Waals surface area contributed by atoms with Crippen LogP contribution in [0.15, 0.2) is 60.9 Å². The molecule has 3 aromatic rings. The Bertz CT molecular complexity index is 808. The fraction of sp³-hybridized carbons (Fsp3) is 0. The third kappa shape index (κ3) is 5.74. The number of hydrogen-bond donors (Lipinski definition) is 1. The maximum Gasteiger partial charge on any atom is 0.354 e. The monoisotopic (exact) mass is 520 g/mol. The predicted molar refractivity (Wildman–Crippen MR) is 85.2 cm³/mol. The van der Waals surface area contributed by atoms with Crippen LogP contribution in [-0.4, -0.2) is 21.0 Å². The van der Waals surface area contributed by atoms with Crippen molar-refractivity contribution in [1.82, 2.24) is 9.97 Å². The number of carboxylic acids is 1. The maximum absolute atomic E-state index is 13.5. The van der Waals surface area contributed by atoms with Crippen LogP contribution in [0, 0.1) is 18.6 Å². The van der Waals surface area contributed by atoms with Crippen molar-refractivity contribution in [1.29, 1.82) is 0 Å². The van der Waals surface area contributed by atoms with Gasteiger partial charge in [0.25, 0.3) is 0 Å². The van der Waals surface area contributed by atoms with Crippen molar-refractivity contribution in [3.8, 4) is 11.3 Å². The van der Waals surface area contributed by atoms with E-state index >= 15 is 0 Å². The van der Waals surface area contributed by atoms with E-state index in [1.165, 1.54) is 18.3 Å². The molecule has 2 aromatic heterocycles. The van der Waals surface area contributed by atoms with Crippen LogP contribution < -0.4 is 0 Å². The molecule has 0 amide bonds. The summed E-state index contributed by atoms with van der Waals surface area (Å²) in [5.41, 5.74) is 1.08. The average molecular weight is 520 g/mol. The van der Waals surface area contributed by atoms with Gasteiger partial charge in [0.05, 0.1) is 11.6 Å². The van der Waals surface area contributed by atoms with Crippen molar-refractivity contribution in [2.24, 2.45) is 0 Å². The van der Waals surface area contributed by atoms with Crippen LogP contribution in [0.2, 0.25) is 0 Å². The van der Waals surface area contributed by atoms with Crippen molar-refractivity contribution in [2.75, 3.05) is 0 Å². The average Bonchev–Trinajstić information content (AvgIpc) is 2.56. The van der Waals surface area contributed by atoms with E-state index in [2.05, 4.69) is 16.9 Å². The number of carboxylic acid groups (broad SMARTS) is 1. The van der Waals surface area contributed by atoms with Gasteiger partial charge in [-0.15, -0.1) is 6.07 Å². The predicted octanol–water partition coefficient (Wildman–Crippen LogP) is 3.99. The van der Waals surface area contributed by atoms with Gasteiger partial charge < -0.3 is 5.11 Å². The van der Waals surface area contributed by atoms with Gasteiger partial charge in [-0.3, -0.25) is 4.98 Å². The minimum Gasteiger partial charge on any atom is -0.477 e. The van der Waals surface area contributed by atoms with Crippen LogP contribution in [0.3, 0.4) is 0 Å². The zero-order chi connectivity index (χ0) is 17.5. The molecule has 0 bridgehead atoms. The van der Waals surface area contributed by atoms with E-state index in [1.54, 1.807) is 36.5 Å². The molecule has 131 valence electrons. The van der Waals surface area contributed by atoms with Crippen molar-refractivity contribution in [3.63, 3.8) is 0 Å². The molecule has 2 heterocycles. The number of benzene rings is 1. The number of halogens is 2. The molecular weight excluding hydrogens is 506 g/mol. The Kier molecular flexibility index (Phi) is 7.85. The fourth-order valence-electron chi connectivity index (χ4n) is 1.91. The Morgan fingerprint density at radius 2 is 1.64 bits per heavy atom. The number of rotatable bonds is 2. The smallest absolute Gasteiger partial charge is 0.354 e. The Labute approximate surface area is 156 Å². The van der Waals surface area contributed by atoms with E-state index in [4.69, 9.17) is 5.11 Å². The summed E-state index contributed by atoms with van der Waals surface area (Å²) < 4.78 is 26.3. The zero-order valence-corrected chi connectivity index (χ0v) is 15.2. The molecule has 0 spiro atoms. The molecule has 0 saturated heterocycles. The maximum atomic E-state index is 13.5. The van der Waals surface area contributed by atoms with E-state index in [9.17, 15) is 13.6 Å². The Balaban J connectivity index is 0.000000270. The molecule has 4 nitrogen and oxygen atoms in total. The summed E-state index contributed by atoms with van der Waals surface area (Å²) in [5.74, 6) is -2.26. The first-order valence-corrected chi connectivity index (χ1v) is 6.85. The molecule has 1 N–H and O–H groups in total.